The van der Waals surface area contributed by atoms with Gasteiger partial charge in [0.05, 0.1) is 10.9 Å². The largest absolute Gasteiger partial charge is 0.487 e. The van der Waals surface area contributed by atoms with Gasteiger partial charge in [-0.15, -0.1) is 0 Å². The fourth-order valence-corrected chi connectivity index (χ4v) is 4.12. The zero-order valence-electron chi connectivity index (χ0n) is 12.9. The predicted molar refractivity (Wildman–Crippen MR) is 90.3 cm³/mol. The number of nitrogens with one attached hydrogen (secondary N) is 1. The monoisotopic (exact) mass is 351 g/mol. The van der Waals surface area contributed by atoms with E-state index < -0.39 is 15.6 Å². The summed E-state index contributed by atoms with van der Waals surface area (Å²) >= 11 is 5.83. The van der Waals surface area contributed by atoms with Gasteiger partial charge in [0.1, 0.15) is 11.4 Å². The number of rotatable bonds is 3. The lowest BCUT2D eigenvalue weighted by atomic mass is 9.90. The molecule has 0 radical (unpaired) electrons. The molecule has 0 fully saturated rings. The Hall–Kier alpha value is -1.56. The molecular formula is C17H18ClNO3S. The Balaban J connectivity index is 1.94. The van der Waals surface area contributed by atoms with Gasteiger partial charge in [0.25, 0.3) is 0 Å². The van der Waals surface area contributed by atoms with Crippen LogP contribution in [0.1, 0.15) is 31.9 Å². The van der Waals surface area contributed by atoms with Crippen molar-refractivity contribution in [3.63, 3.8) is 0 Å². The molecule has 1 N–H and O–H groups in total. The molecule has 1 aliphatic heterocycles. The third-order valence-corrected chi connectivity index (χ3v) is 5.54. The Bertz CT molecular complexity index is 816. The highest BCUT2D eigenvalue weighted by Crippen LogP contribution is 2.39. The van der Waals surface area contributed by atoms with Crippen LogP contribution in [0.15, 0.2) is 53.4 Å². The summed E-state index contributed by atoms with van der Waals surface area (Å²) in [5, 5.41) is 0.501. The summed E-state index contributed by atoms with van der Waals surface area (Å²) in [6, 6.07) is 13.3. The van der Waals surface area contributed by atoms with E-state index in [1.807, 2.05) is 38.1 Å². The van der Waals surface area contributed by atoms with Gasteiger partial charge < -0.3 is 4.74 Å². The minimum Gasteiger partial charge on any atom is -0.487 e. The Labute approximate surface area is 141 Å². The van der Waals surface area contributed by atoms with Crippen LogP contribution in [-0.4, -0.2) is 14.0 Å². The minimum absolute atomic E-state index is 0.198. The van der Waals surface area contributed by atoms with Crippen LogP contribution in [-0.2, 0) is 10.0 Å². The third-order valence-electron chi connectivity index (χ3n) is 3.80. The molecule has 122 valence electrons. The van der Waals surface area contributed by atoms with Crippen molar-refractivity contribution in [3.8, 4) is 5.75 Å². The first-order chi connectivity index (χ1) is 10.8. The van der Waals surface area contributed by atoms with Crippen LogP contribution >= 0.6 is 11.6 Å². The molecule has 1 unspecified atom stereocenters. The molecule has 1 atom stereocenters. The number of halogens is 1. The van der Waals surface area contributed by atoms with Crippen molar-refractivity contribution < 1.29 is 13.2 Å². The van der Waals surface area contributed by atoms with Gasteiger partial charge in [-0.1, -0.05) is 29.8 Å². The zero-order valence-corrected chi connectivity index (χ0v) is 14.5. The first-order valence-electron chi connectivity index (χ1n) is 7.33. The number of hydrogen-bond acceptors (Lipinski definition) is 3. The number of benzene rings is 2. The van der Waals surface area contributed by atoms with Crippen LogP contribution < -0.4 is 9.46 Å². The highest BCUT2D eigenvalue weighted by Gasteiger charge is 2.35. The van der Waals surface area contributed by atoms with Crippen LogP contribution in [0.4, 0.5) is 0 Å². The number of ether oxygens (including phenoxy) is 1. The van der Waals surface area contributed by atoms with E-state index in [1.54, 1.807) is 12.1 Å². The van der Waals surface area contributed by atoms with Crippen LogP contribution in [0.2, 0.25) is 5.02 Å². The maximum absolute atomic E-state index is 12.6. The lowest BCUT2D eigenvalue weighted by Crippen LogP contribution is -2.41. The SMILES string of the molecule is CC1(C)CC(NS(=O)(=O)c2ccc(Cl)cc2)c2ccccc2O1. The summed E-state index contributed by atoms with van der Waals surface area (Å²) in [6.45, 7) is 3.90. The number of sulfonamides is 1. The molecular weight excluding hydrogens is 334 g/mol. The van der Waals surface area contributed by atoms with Gasteiger partial charge in [0.2, 0.25) is 10.0 Å². The number of fused-ring (bicyclic) bond motifs is 1. The van der Waals surface area contributed by atoms with E-state index in [9.17, 15) is 8.42 Å². The molecule has 0 saturated carbocycles. The van der Waals surface area contributed by atoms with Crippen molar-refractivity contribution in [2.45, 2.75) is 36.8 Å². The van der Waals surface area contributed by atoms with Crippen molar-refractivity contribution in [2.24, 2.45) is 0 Å². The van der Waals surface area contributed by atoms with Crippen molar-refractivity contribution in [3.05, 3.63) is 59.1 Å². The van der Waals surface area contributed by atoms with Gasteiger partial charge in [-0.25, -0.2) is 13.1 Å². The topological polar surface area (TPSA) is 55.4 Å². The van der Waals surface area contributed by atoms with E-state index >= 15 is 0 Å². The zero-order chi connectivity index (χ0) is 16.7. The minimum atomic E-state index is -3.63. The second kappa shape index (κ2) is 5.82. The quantitative estimate of drug-likeness (QED) is 0.911. The van der Waals surface area contributed by atoms with Crippen molar-refractivity contribution >= 4 is 21.6 Å². The number of hydrogen-bond donors (Lipinski definition) is 1. The Kier molecular flexibility index (Phi) is 4.12. The van der Waals surface area contributed by atoms with Crippen molar-refractivity contribution in [1.82, 2.24) is 4.72 Å². The second-order valence-corrected chi connectivity index (χ2v) is 8.38. The molecule has 2 aromatic rings. The molecule has 0 aliphatic carbocycles. The highest BCUT2D eigenvalue weighted by atomic mass is 35.5. The summed E-state index contributed by atoms with van der Waals surface area (Å²) in [4.78, 5) is 0.198. The van der Waals surface area contributed by atoms with Crippen molar-refractivity contribution in [1.29, 1.82) is 0 Å². The van der Waals surface area contributed by atoms with Gasteiger partial charge >= 0.3 is 0 Å². The molecule has 0 bridgehead atoms. The molecule has 3 rings (SSSR count). The van der Waals surface area contributed by atoms with Gasteiger partial charge in [-0.2, -0.15) is 0 Å². The molecule has 23 heavy (non-hydrogen) atoms. The first kappa shape index (κ1) is 16.3. The van der Waals surface area contributed by atoms with Gasteiger partial charge in [-0.05, 0) is 44.2 Å². The Morgan fingerprint density at radius 2 is 1.78 bits per heavy atom. The molecule has 0 amide bonds. The average Bonchev–Trinajstić information content (AvgIpc) is 2.46. The van der Waals surface area contributed by atoms with Crippen LogP contribution in [0, 0.1) is 0 Å². The lowest BCUT2D eigenvalue weighted by molar-refractivity contribution is 0.0702. The van der Waals surface area contributed by atoms with E-state index in [4.69, 9.17) is 16.3 Å². The summed E-state index contributed by atoms with van der Waals surface area (Å²) in [5.41, 5.74) is 0.408. The summed E-state index contributed by atoms with van der Waals surface area (Å²) in [6.07, 6.45) is 0.552. The summed E-state index contributed by atoms with van der Waals surface area (Å²) < 4.78 is 34.0. The van der Waals surface area contributed by atoms with E-state index in [2.05, 4.69) is 4.72 Å². The molecule has 1 aliphatic rings. The van der Waals surface area contributed by atoms with Crippen LogP contribution in [0.5, 0.6) is 5.75 Å². The normalized spacial score (nSPS) is 19.7. The van der Waals surface area contributed by atoms with Crippen LogP contribution in [0.3, 0.4) is 0 Å². The van der Waals surface area contributed by atoms with E-state index in [1.165, 1.54) is 12.1 Å². The molecule has 6 heteroatoms. The molecule has 1 heterocycles. The van der Waals surface area contributed by atoms with E-state index in [0.717, 1.165) is 5.56 Å². The third kappa shape index (κ3) is 3.52. The van der Waals surface area contributed by atoms with Gasteiger partial charge in [0, 0.05) is 17.0 Å². The molecule has 0 saturated heterocycles. The first-order valence-corrected chi connectivity index (χ1v) is 9.19. The fraction of sp³-hybridized carbons (Fsp3) is 0.294. The summed E-state index contributed by atoms with van der Waals surface area (Å²) in [5.74, 6) is 0.715. The van der Waals surface area contributed by atoms with E-state index in [0.29, 0.717) is 17.2 Å². The smallest absolute Gasteiger partial charge is 0.241 e. The van der Waals surface area contributed by atoms with Crippen LogP contribution in [0.25, 0.3) is 0 Å². The standard InChI is InChI=1S/C17H18ClNO3S/c1-17(2)11-15(14-5-3-4-6-16(14)22-17)19-23(20,21)13-9-7-12(18)8-10-13/h3-10,15,19H,11H2,1-2H3. The molecule has 0 spiro atoms. The predicted octanol–water partition coefficient (Wildman–Crippen LogP) is 3.92. The Morgan fingerprint density at radius 1 is 1.13 bits per heavy atom. The van der Waals surface area contributed by atoms with Gasteiger partial charge in [0.15, 0.2) is 0 Å². The van der Waals surface area contributed by atoms with E-state index in [-0.39, 0.29) is 10.9 Å². The van der Waals surface area contributed by atoms with Gasteiger partial charge in [-0.3, -0.25) is 0 Å². The van der Waals surface area contributed by atoms with Crippen molar-refractivity contribution in [2.75, 3.05) is 0 Å². The maximum atomic E-state index is 12.6. The lowest BCUT2D eigenvalue weighted by Gasteiger charge is -2.37. The fourth-order valence-electron chi connectivity index (χ4n) is 2.78. The highest BCUT2D eigenvalue weighted by molar-refractivity contribution is 7.89. The molecule has 4 nitrogen and oxygen atoms in total. The second-order valence-electron chi connectivity index (χ2n) is 6.23. The average molecular weight is 352 g/mol. The molecule has 0 aromatic heterocycles. The maximum Gasteiger partial charge on any atom is 0.241 e. The summed E-state index contributed by atoms with van der Waals surface area (Å²) in [7, 11) is -3.63. The number of para-hydroxylation sites is 1. The molecule has 2 aromatic carbocycles. The Morgan fingerprint density at radius 3 is 2.48 bits per heavy atom.